The van der Waals surface area contributed by atoms with Crippen molar-refractivity contribution in [3.8, 4) is 0 Å². The van der Waals surface area contributed by atoms with Crippen LogP contribution in [0, 0.1) is 10.8 Å². The molecule has 0 bridgehead atoms. The third-order valence-electron chi connectivity index (χ3n) is 7.68. The highest BCUT2D eigenvalue weighted by Gasteiger charge is 2.54. The maximum absolute atomic E-state index is 12.1. The molecule has 7 nitrogen and oxygen atoms in total. The molecule has 0 heterocycles. The number of carboxylic acid groups (broad SMARTS) is 2. The van der Waals surface area contributed by atoms with Gasteiger partial charge in [-0.25, -0.2) is 9.59 Å². The summed E-state index contributed by atoms with van der Waals surface area (Å²) in [6, 6.07) is 19.6. The lowest BCUT2D eigenvalue weighted by molar-refractivity contribution is 0.00331. The second-order valence-corrected chi connectivity index (χ2v) is 17.5. The van der Waals surface area contributed by atoms with E-state index in [1.807, 2.05) is 77.9 Å². The van der Waals surface area contributed by atoms with Crippen molar-refractivity contribution in [2.45, 2.75) is 85.4 Å². The summed E-state index contributed by atoms with van der Waals surface area (Å²) in [4.78, 5) is 24.0. The Morgan fingerprint density at radius 3 is 1.50 bits per heavy atom. The Morgan fingerprint density at radius 2 is 1.18 bits per heavy atom. The van der Waals surface area contributed by atoms with Crippen molar-refractivity contribution in [2.24, 2.45) is 10.8 Å². The molecule has 210 valence electrons. The lowest BCUT2D eigenvalue weighted by Gasteiger charge is -2.55. The average molecular weight is 543 g/mol. The van der Waals surface area contributed by atoms with Gasteiger partial charge in [0.05, 0.1) is 18.2 Å². The molecule has 0 aliphatic heterocycles. The van der Waals surface area contributed by atoms with E-state index in [1.54, 1.807) is 0 Å². The van der Waals surface area contributed by atoms with E-state index in [0.717, 1.165) is 10.4 Å². The molecule has 1 atom stereocenters. The van der Waals surface area contributed by atoms with Crippen LogP contribution in [0.3, 0.4) is 0 Å². The zero-order valence-electron chi connectivity index (χ0n) is 24.4. The summed E-state index contributed by atoms with van der Waals surface area (Å²) in [5.74, 6) is 0. The van der Waals surface area contributed by atoms with Gasteiger partial charge in [-0.3, -0.25) is 0 Å². The first-order valence-corrected chi connectivity index (χ1v) is 15.0. The van der Waals surface area contributed by atoms with Gasteiger partial charge in [0.2, 0.25) is 0 Å². The molecule has 0 unspecified atom stereocenters. The van der Waals surface area contributed by atoms with E-state index in [9.17, 15) is 19.8 Å². The van der Waals surface area contributed by atoms with Crippen LogP contribution in [0.15, 0.2) is 60.7 Å². The highest BCUT2D eigenvalue weighted by atomic mass is 28.4. The first-order valence-electron chi connectivity index (χ1n) is 13.1. The number of hydrogen-bond donors (Lipinski definition) is 4. The third-order valence-corrected chi connectivity index (χ3v) is 12.7. The van der Waals surface area contributed by atoms with Crippen molar-refractivity contribution in [1.29, 1.82) is 0 Å². The summed E-state index contributed by atoms with van der Waals surface area (Å²) in [6.07, 6.45) is -2.10. The summed E-state index contributed by atoms with van der Waals surface area (Å²) in [6.45, 7) is 18.5. The second-order valence-electron chi connectivity index (χ2n) is 13.2. The fraction of sp³-hybridized carbons (Fsp3) is 0.533. The minimum Gasteiger partial charge on any atom is -0.465 e. The van der Waals surface area contributed by atoms with Gasteiger partial charge >= 0.3 is 12.2 Å². The van der Waals surface area contributed by atoms with Gasteiger partial charge in [0.15, 0.2) is 0 Å². The highest BCUT2D eigenvalue weighted by molar-refractivity contribution is 6.99. The highest BCUT2D eigenvalue weighted by Crippen LogP contribution is 2.47. The Kier molecular flexibility index (Phi) is 9.49. The molecular formula is C30H46N2O5Si. The van der Waals surface area contributed by atoms with Crippen LogP contribution in [-0.4, -0.2) is 48.9 Å². The van der Waals surface area contributed by atoms with E-state index in [4.69, 9.17) is 4.43 Å². The van der Waals surface area contributed by atoms with Gasteiger partial charge < -0.3 is 25.3 Å². The van der Waals surface area contributed by atoms with Gasteiger partial charge in [-0.15, -0.1) is 0 Å². The van der Waals surface area contributed by atoms with Crippen LogP contribution >= 0.6 is 0 Å². The quantitative estimate of drug-likeness (QED) is 0.305. The molecule has 0 aromatic heterocycles. The third kappa shape index (κ3) is 6.59. The molecule has 0 fully saturated rings. The van der Waals surface area contributed by atoms with Crippen LogP contribution in [0.1, 0.15) is 68.7 Å². The normalized spacial score (nSPS) is 14.0. The first kappa shape index (κ1) is 31.4. The standard InChI is InChI=1S/C30H46N2O5Si/c1-27(2,3)30(28(4,5)6,32-26(35)36)20-22(31-25(33)34)21-37-38(29(7,8)9,23-16-12-10-13-17-23)24-18-14-11-15-19-24/h10-19,22,31-32H,20-21H2,1-9H3,(H,33,34)(H,35,36)/t22-/m0/s1. The molecule has 0 saturated heterocycles. The Labute approximate surface area is 229 Å². The molecule has 0 aliphatic rings. The van der Waals surface area contributed by atoms with Crippen LogP contribution in [0.25, 0.3) is 0 Å². The summed E-state index contributed by atoms with van der Waals surface area (Å²) >= 11 is 0. The van der Waals surface area contributed by atoms with Gasteiger partial charge in [-0.1, -0.05) is 123 Å². The molecule has 2 rings (SSSR count). The average Bonchev–Trinajstić information content (AvgIpc) is 2.77. The lowest BCUT2D eigenvalue weighted by Crippen LogP contribution is -2.69. The zero-order valence-corrected chi connectivity index (χ0v) is 25.4. The van der Waals surface area contributed by atoms with Crippen molar-refractivity contribution in [3.05, 3.63) is 60.7 Å². The van der Waals surface area contributed by atoms with E-state index >= 15 is 0 Å². The SMILES string of the molecule is CC(C)(C)C(C[C@@H](CO[Si](c1ccccc1)(c1ccccc1)C(C)(C)C)NC(=O)O)(NC(=O)O)C(C)(C)C. The van der Waals surface area contributed by atoms with Crippen LogP contribution in [-0.2, 0) is 4.43 Å². The van der Waals surface area contributed by atoms with Crippen LogP contribution in [0.5, 0.6) is 0 Å². The van der Waals surface area contributed by atoms with E-state index in [0.29, 0.717) is 0 Å². The number of nitrogens with one attached hydrogen (secondary N) is 2. The van der Waals surface area contributed by atoms with Crippen molar-refractivity contribution < 1.29 is 24.2 Å². The molecular weight excluding hydrogens is 496 g/mol. The minimum atomic E-state index is -2.93. The number of hydrogen-bond acceptors (Lipinski definition) is 3. The molecule has 8 heteroatoms. The van der Waals surface area contributed by atoms with Gasteiger partial charge in [-0.2, -0.15) is 0 Å². The van der Waals surface area contributed by atoms with Crippen LogP contribution in [0.2, 0.25) is 5.04 Å². The summed E-state index contributed by atoms with van der Waals surface area (Å²) < 4.78 is 7.04. The summed E-state index contributed by atoms with van der Waals surface area (Å²) in [7, 11) is -2.93. The van der Waals surface area contributed by atoms with E-state index in [2.05, 4.69) is 55.7 Å². The predicted octanol–water partition coefficient (Wildman–Crippen LogP) is 5.69. The largest absolute Gasteiger partial charge is 0.465 e. The van der Waals surface area contributed by atoms with Crippen molar-refractivity contribution >= 4 is 30.9 Å². The van der Waals surface area contributed by atoms with Gasteiger partial charge in [-0.05, 0) is 32.7 Å². The smallest absolute Gasteiger partial charge is 0.405 e. The van der Waals surface area contributed by atoms with Gasteiger partial charge in [0, 0.05) is 0 Å². The predicted molar refractivity (Wildman–Crippen MR) is 156 cm³/mol. The molecule has 38 heavy (non-hydrogen) atoms. The second kappa shape index (κ2) is 11.5. The van der Waals surface area contributed by atoms with Crippen LogP contribution in [0.4, 0.5) is 9.59 Å². The van der Waals surface area contributed by atoms with Crippen molar-refractivity contribution in [3.63, 3.8) is 0 Å². The molecule has 0 spiro atoms. The fourth-order valence-corrected chi connectivity index (χ4v) is 10.6. The molecule has 0 aliphatic carbocycles. The summed E-state index contributed by atoms with van der Waals surface area (Å²) in [5, 5.41) is 27.0. The molecule has 0 radical (unpaired) electrons. The Bertz CT molecular complexity index is 1020. The molecule has 0 saturated carbocycles. The molecule has 2 aromatic carbocycles. The number of carbonyl (C=O) groups is 2. The Hall–Kier alpha value is -2.84. The number of rotatable bonds is 9. The minimum absolute atomic E-state index is 0.0921. The first-order chi connectivity index (χ1) is 17.4. The van der Waals surface area contributed by atoms with Crippen LogP contribution < -0.4 is 21.0 Å². The lowest BCUT2D eigenvalue weighted by atomic mass is 9.57. The number of benzene rings is 2. The fourth-order valence-electron chi connectivity index (χ4n) is 6.03. The summed E-state index contributed by atoms with van der Waals surface area (Å²) in [5.41, 5.74) is -2.02. The molecule has 4 N–H and O–H groups in total. The maximum atomic E-state index is 12.1. The monoisotopic (exact) mass is 542 g/mol. The number of amides is 2. The Balaban J connectivity index is 2.66. The Morgan fingerprint density at radius 1 is 0.763 bits per heavy atom. The topological polar surface area (TPSA) is 108 Å². The molecule has 2 amide bonds. The molecule has 2 aromatic rings. The van der Waals surface area contributed by atoms with Crippen molar-refractivity contribution in [1.82, 2.24) is 10.6 Å². The van der Waals surface area contributed by atoms with Crippen molar-refractivity contribution in [2.75, 3.05) is 6.61 Å². The van der Waals surface area contributed by atoms with Gasteiger partial charge in [0.1, 0.15) is 0 Å². The van der Waals surface area contributed by atoms with Gasteiger partial charge in [0.25, 0.3) is 8.32 Å². The van der Waals surface area contributed by atoms with E-state index in [1.165, 1.54) is 0 Å². The zero-order chi connectivity index (χ0) is 29.0. The van der Waals surface area contributed by atoms with E-state index < -0.39 is 42.9 Å². The maximum Gasteiger partial charge on any atom is 0.405 e. The van der Waals surface area contributed by atoms with E-state index in [-0.39, 0.29) is 18.1 Å².